The highest BCUT2D eigenvalue weighted by Gasteiger charge is 2.20. The lowest BCUT2D eigenvalue weighted by Gasteiger charge is -2.04. The Morgan fingerprint density at radius 2 is 2.26 bits per heavy atom. The summed E-state index contributed by atoms with van der Waals surface area (Å²) in [5.41, 5.74) is -0.353. The summed E-state index contributed by atoms with van der Waals surface area (Å²) in [4.78, 5) is 26.1. The number of carboxylic acid groups (broad SMARTS) is 1. The van der Waals surface area contributed by atoms with Crippen molar-refractivity contribution in [1.29, 1.82) is 0 Å². The molecule has 0 aliphatic heterocycles. The SMILES string of the molecule is Cc1cnc(Nc2ccc([N+](=O)[O-])c(C(=O)O)c2)s1. The van der Waals surface area contributed by atoms with Gasteiger partial charge >= 0.3 is 5.97 Å². The lowest BCUT2D eigenvalue weighted by atomic mass is 10.1. The van der Waals surface area contributed by atoms with Gasteiger partial charge in [-0.25, -0.2) is 9.78 Å². The molecule has 7 nitrogen and oxygen atoms in total. The number of aryl methyl sites for hydroxylation is 1. The van der Waals surface area contributed by atoms with Crippen LogP contribution in [0.15, 0.2) is 24.4 Å². The maximum Gasteiger partial charge on any atom is 0.342 e. The first-order valence-electron chi connectivity index (χ1n) is 5.18. The van der Waals surface area contributed by atoms with Gasteiger partial charge in [-0.1, -0.05) is 0 Å². The lowest BCUT2D eigenvalue weighted by molar-refractivity contribution is -0.385. The van der Waals surface area contributed by atoms with Crippen molar-refractivity contribution in [2.45, 2.75) is 6.92 Å². The number of nitro benzene ring substituents is 1. The third-order valence-electron chi connectivity index (χ3n) is 2.30. The predicted molar refractivity (Wildman–Crippen MR) is 70.2 cm³/mol. The number of aromatic nitrogens is 1. The van der Waals surface area contributed by atoms with E-state index >= 15 is 0 Å². The van der Waals surface area contributed by atoms with Crippen LogP contribution in [0, 0.1) is 17.0 Å². The fraction of sp³-hybridized carbons (Fsp3) is 0.0909. The summed E-state index contributed by atoms with van der Waals surface area (Å²) in [5.74, 6) is -1.34. The third-order valence-corrected chi connectivity index (χ3v) is 3.12. The van der Waals surface area contributed by atoms with E-state index in [1.165, 1.54) is 23.5 Å². The van der Waals surface area contributed by atoms with Crippen molar-refractivity contribution < 1.29 is 14.8 Å². The molecule has 0 atom stereocenters. The molecular formula is C11H9N3O4S. The molecule has 8 heteroatoms. The van der Waals surface area contributed by atoms with Gasteiger partial charge in [-0.2, -0.15) is 0 Å². The minimum absolute atomic E-state index is 0.358. The molecule has 0 radical (unpaired) electrons. The Kier molecular flexibility index (Phi) is 3.43. The molecular weight excluding hydrogens is 270 g/mol. The number of carbonyl (C=O) groups is 1. The molecule has 2 N–H and O–H groups in total. The van der Waals surface area contributed by atoms with Gasteiger partial charge in [0.15, 0.2) is 5.13 Å². The monoisotopic (exact) mass is 279 g/mol. The zero-order valence-electron chi connectivity index (χ0n) is 9.78. The minimum Gasteiger partial charge on any atom is -0.477 e. The van der Waals surface area contributed by atoms with Gasteiger partial charge < -0.3 is 10.4 Å². The zero-order chi connectivity index (χ0) is 14.0. The average Bonchev–Trinajstić information content (AvgIpc) is 2.74. The second kappa shape index (κ2) is 5.02. The zero-order valence-corrected chi connectivity index (χ0v) is 10.6. The van der Waals surface area contributed by atoms with Gasteiger partial charge in [-0.3, -0.25) is 10.1 Å². The second-order valence-electron chi connectivity index (χ2n) is 3.70. The summed E-state index contributed by atoms with van der Waals surface area (Å²) >= 11 is 1.40. The molecule has 1 heterocycles. The molecule has 2 aromatic rings. The molecule has 1 aromatic carbocycles. The first-order chi connectivity index (χ1) is 8.97. The molecule has 0 saturated carbocycles. The summed E-state index contributed by atoms with van der Waals surface area (Å²) in [6, 6.07) is 3.82. The summed E-state index contributed by atoms with van der Waals surface area (Å²) in [5, 5.41) is 23.2. The van der Waals surface area contributed by atoms with Crippen molar-refractivity contribution in [2.24, 2.45) is 0 Å². The fourth-order valence-corrected chi connectivity index (χ4v) is 2.16. The van der Waals surface area contributed by atoms with E-state index in [1.54, 1.807) is 6.20 Å². The number of nitrogens with one attached hydrogen (secondary N) is 1. The summed E-state index contributed by atoms with van der Waals surface area (Å²) in [6.45, 7) is 1.89. The quantitative estimate of drug-likeness (QED) is 0.658. The van der Waals surface area contributed by atoms with E-state index in [9.17, 15) is 14.9 Å². The maximum atomic E-state index is 11.0. The normalized spacial score (nSPS) is 10.2. The highest BCUT2D eigenvalue weighted by atomic mass is 32.1. The van der Waals surface area contributed by atoms with Gasteiger partial charge in [0.05, 0.1) is 4.92 Å². The van der Waals surface area contributed by atoms with E-state index in [0.29, 0.717) is 10.8 Å². The highest BCUT2D eigenvalue weighted by Crippen LogP contribution is 2.26. The van der Waals surface area contributed by atoms with Gasteiger partial charge in [-0.05, 0) is 19.1 Å². The molecule has 1 aromatic heterocycles. The number of nitro groups is 1. The van der Waals surface area contributed by atoms with Crippen LogP contribution in [-0.2, 0) is 0 Å². The molecule has 0 saturated heterocycles. The van der Waals surface area contributed by atoms with Crippen LogP contribution in [0.4, 0.5) is 16.5 Å². The number of nitrogens with zero attached hydrogens (tertiary/aromatic N) is 2. The number of rotatable bonds is 4. The number of aromatic carboxylic acids is 1. The Morgan fingerprint density at radius 1 is 1.53 bits per heavy atom. The number of hydrogen-bond acceptors (Lipinski definition) is 6. The van der Waals surface area contributed by atoms with E-state index in [4.69, 9.17) is 5.11 Å². The van der Waals surface area contributed by atoms with Gasteiger partial charge in [-0.15, -0.1) is 11.3 Å². The van der Waals surface area contributed by atoms with Crippen LogP contribution >= 0.6 is 11.3 Å². The third kappa shape index (κ3) is 2.86. The highest BCUT2D eigenvalue weighted by molar-refractivity contribution is 7.15. The van der Waals surface area contributed by atoms with Crippen LogP contribution in [0.1, 0.15) is 15.2 Å². The van der Waals surface area contributed by atoms with Gasteiger partial charge in [0.1, 0.15) is 5.56 Å². The van der Waals surface area contributed by atoms with Crippen molar-refractivity contribution in [2.75, 3.05) is 5.32 Å². The molecule has 0 amide bonds. The van der Waals surface area contributed by atoms with E-state index in [1.807, 2.05) is 6.92 Å². The molecule has 0 aliphatic rings. The molecule has 0 fully saturated rings. The van der Waals surface area contributed by atoms with Crippen LogP contribution in [0.5, 0.6) is 0 Å². The van der Waals surface area contributed by atoms with Crippen molar-refractivity contribution >= 4 is 33.8 Å². The van der Waals surface area contributed by atoms with Crippen LogP contribution in [-0.4, -0.2) is 21.0 Å². The molecule has 2 rings (SSSR count). The molecule has 0 unspecified atom stereocenters. The van der Waals surface area contributed by atoms with Gasteiger partial charge in [0.2, 0.25) is 0 Å². The lowest BCUT2D eigenvalue weighted by Crippen LogP contribution is -2.03. The number of carboxylic acids is 1. The fourth-order valence-electron chi connectivity index (χ4n) is 1.48. The van der Waals surface area contributed by atoms with Crippen molar-refractivity contribution in [3.8, 4) is 0 Å². The second-order valence-corrected chi connectivity index (χ2v) is 4.93. The van der Waals surface area contributed by atoms with Gasteiger partial charge in [0, 0.05) is 22.8 Å². The van der Waals surface area contributed by atoms with Crippen molar-refractivity contribution in [1.82, 2.24) is 4.98 Å². The summed E-state index contributed by atoms with van der Waals surface area (Å²) in [7, 11) is 0. The summed E-state index contributed by atoms with van der Waals surface area (Å²) < 4.78 is 0. The largest absolute Gasteiger partial charge is 0.477 e. The molecule has 0 bridgehead atoms. The molecule has 98 valence electrons. The Hall–Kier alpha value is -2.48. The van der Waals surface area contributed by atoms with Crippen LogP contribution in [0.3, 0.4) is 0 Å². The predicted octanol–water partition coefficient (Wildman–Crippen LogP) is 2.80. The van der Waals surface area contributed by atoms with Crippen LogP contribution < -0.4 is 5.32 Å². The number of anilines is 2. The van der Waals surface area contributed by atoms with Crippen LogP contribution in [0.2, 0.25) is 0 Å². The topological polar surface area (TPSA) is 105 Å². The van der Waals surface area contributed by atoms with E-state index in [0.717, 1.165) is 10.9 Å². The Balaban J connectivity index is 2.35. The molecule has 0 spiro atoms. The molecule has 0 aliphatic carbocycles. The van der Waals surface area contributed by atoms with Crippen molar-refractivity contribution in [3.63, 3.8) is 0 Å². The Labute approximate surface area is 111 Å². The van der Waals surface area contributed by atoms with Gasteiger partial charge in [0.25, 0.3) is 5.69 Å². The van der Waals surface area contributed by atoms with Crippen LogP contribution in [0.25, 0.3) is 0 Å². The Morgan fingerprint density at radius 3 is 2.79 bits per heavy atom. The van der Waals surface area contributed by atoms with E-state index in [-0.39, 0.29) is 5.56 Å². The standard InChI is InChI=1S/C11H9N3O4S/c1-6-5-12-11(19-6)13-7-2-3-9(14(17)18)8(4-7)10(15)16/h2-5H,1H3,(H,12,13)(H,15,16). The van der Waals surface area contributed by atoms with E-state index < -0.39 is 16.6 Å². The average molecular weight is 279 g/mol. The molecule has 19 heavy (non-hydrogen) atoms. The minimum atomic E-state index is -1.34. The first kappa shape index (κ1) is 13.0. The maximum absolute atomic E-state index is 11.0. The van der Waals surface area contributed by atoms with Crippen molar-refractivity contribution in [3.05, 3.63) is 45.0 Å². The summed E-state index contributed by atoms with van der Waals surface area (Å²) in [6.07, 6.45) is 1.68. The number of hydrogen-bond donors (Lipinski definition) is 2. The number of benzene rings is 1. The first-order valence-corrected chi connectivity index (χ1v) is 6.00. The Bertz CT molecular complexity index is 653. The number of thiazole rings is 1. The smallest absolute Gasteiger partial charge is 0.342 e. The van der Waals surface area contributed by atoms with E-state index in [2.05, 4.69) is 10.3 Å².